The molecule has 5 heteroatoms. The number of carbonyl (C=O) groups excluding carboxylic acids is 2. The van der Waals surface area contributed by atoms with Crippen molar-refractivity contribution in [3.05, 3.63) is 106 Å². The van der Waals surface area contributed by atoms with Crippen LogP contribution >= 0.6 is 11.6 Å². The predicted octanol–water partition coefficient (Wildman–Crippen LogP) is 6.06. The summed E-state index contributed by atoms with van der Waals surface area (Å²) in [5, 5.41) is 3.64. The number of halogens is 1. The Balaban J connectivity index is 1.97. The highest BCUT2D eigenvalue weighted by Gasteiger charge is 2.30. The van der Waals surface area contributed by atoms with Crippen LogP contribution in [-0.4, -0.2) is 29.3 Å². The molecular weight excluding hydrogens is 456 g/mol. The van der Waals surface area contributed by atoms with Crippen molar-refractivity contribution >= 4 is 23.4 Å². The van der Waals surface area contributed by atoms with Crippen molar-refractivity contribution in [2.75, 3.05) is 6.54 Å². The summed E-state index contributed by atoms with van der Waals surface area (Å²) < 4.78 is 0. The first-order valence-electron chi connectivity index (χ1n) is 12.3. The summed E-state index contributed by atoms with van der Waals surface area (Å²) in [5.74, 6) is -0.232. The molecule has 0 unspecified atom stereocenters. The zero-order valence-corrected chi connectivity index (χ0v) is 21.6. The third-order valence-electron chi connectivity index (χ3n) is 6.04. The van der Waals surface area contributed by atoms with Crippen LogP contribution in [-0.2, 0) is 29.0 Å². The van der Waals surface area contributed by atoms with Crippen molar-refractivity contribution in [2.24, 2.45) is 0 Å². The zero-order chi connectivity index (χ0) is 25.2. The van der Waals surface area contributed by atoms with Gasteiger partial charge in [0.2, 0.25) is 11.8 Å². The lowest BCUT2D eigenvalue weighted by atomic mass is 10.00. The number of nitrogens with one attached hydrogen (secondary N) is 1. The van der Waals surface area contributed by atoms with Crippen LogP contribution in [0.25, 0.3) is 0 Å². The van der Waals surface area contributed by atoms with Crippen LogP contribution in [0, 0.1) is 13.8 Å². The van der Waals surface area contributed by atoms with Crippen LogP contribution in [0.1, 0.15) is 47.6 Å². The zero-order valence-electron chi connectivity index (χ0n) is 20.9. The van der Waals surface area contributed by atoms with Crippen molar-refractivity contribution in [3.63, 3.8) is 0 Å². The number of benzene rings is 3. The molecule has 0 fully saturated rings. The first kappa shape index (κ1) is 26.5. The molecule has 1 N–H and O–H groups in total. The van der Waals surface area contributed by atoms with Gasteiger partial charge in [0, 0.05) is 24.5 Å². The average Bonchev–Trinajstić information content (AvgIpc) is 2.82. The van der Waals surface area contributed by atoms with E-state index in [2.05, 4.69) is 18.3 Å². The second-order valence-electron chi connectivity index (χ2n) is 9.14. The van der Waals surface area contributed by atoms with Gasteiger partial charge in [-0.3, -0.25) is 9.59 Å². The molecule has 0 bridgehead atoms. The smallest absolute Gasteiger partial charge is 0.243 e. The molecule has 35 heavy (non-hydrogen) atoms. The Kier molecular flexibility index (Phi) is 9.92. The van der Waals surface area contributed by atoms with E-state index in [1.54, 1.807) is 4.90 Å². The van der Waals surface area contributed by atoms with E-state index in [1.807, 2.05) is 80.6 Å². The highest BCUT2D eigenvalue weighted by molar-refractivity contribution is 6.31. The first-order chi connectivity index (χ1) is 16.9. The van der Waals surface area contributed by atoms with Gasteiger partial charge in [0.05, 0.1) is 6.42 Å². The molecule has 1 atom stereocenters. The van der Waals surface area contributed by atoms with E-state index < -0.39 is 6.04 Å². The third-order valence-corrected chi connectivity index (χ3v) is 6.40. The Hall–Kier alpha value is -3.11. The summed E-state index contributed by atoms with van der Waals surface area (Å²) in [4.78, 5) is 29.0. The van der Waals surface area contributed by atoms with Gasteiger partial charge >= 0.3 is 0 Å². The van der Waals surface area contributed by atoms with Gasteiger partial charge in [0.15, 0.2) is 0 Å². The number of nitrogens with zero attached hydrogens (tertiary/aromatic N) is 1. The van der Waals surface area contributed by atoms with Crippen molar-refractivity contribution < 1.29 is 9.59 Å². The fourth-order valence-corrected chi connectivity index (χ4v) is 4.51. The number of hydrogen-bond donors (Lipinski definition) is 1. The van der Waals surface area contributed by atoms with Crippen LogP contribution in [0.5, 0.6) is 0 Å². The molecule has 2 amide bonds. The maximum Gasteiger partial charge on any atom is 0.243 e. The van der Waals surface area contributed by atoms with Gasteiger partial charge in [-0.15, -0.1) is 0 Å². The van der Waals surface area contributed by atoms with E-state index in [9.17, 15) is 9.59 Å². The van der Waals surface area contributed by atoms with Crippen LogP contribution in [0.4, 0.5) is 0 Å². The number of carbonyl (C=O) groups is 2. The number of amides is 2. The van der Waals surface area contributed by atoms with Crippen molar-refractivity contribution in [1.29, 1.82) is 0 Å². The number of hydrogen-bond acceptors (Lipinski definition) is 2. The van der Waals surface area contributed by atoms with Crippen LogP contribution in [0.3, 0.4) is 0 Å². The molecule has 184 valence electrons. The second-order valence-corrected chi connectivity index (χ2v) is 9.54. The van der Waals surface area contributed by atoms with Gasteiger partial charge in [-0.05, 0) is 43.0 Å². The van der Waals surface area contributed by atoms with Gasteiger partial charge in [0.1, 0.15) is 6.04 Å². The predicted molar refractivity (Wildman–Crippen MR) is 143 cm³/mol. The summed E-state index contributed by atoms with van der Waals surface area (Å²) in [6.45, 7) is 7.00. The molecular formula is C30H35ClN2O2. The number of aryl methyl sites for hydroxylation is 2. The Labute approximate surface area is 214 Å². The van der Waals surface area contributed by atoms with Gasteiger partial charge in [0.25, 0.3) is 0 Å². The average molecular weight is 491 g/mol. The molecule has 0 saturated heterocycles. The Morgan fingerprint density at radius 1 is 0.914 bits per heavy atom. The molecule has 0 aliphatic rings. The largest absolute Gasteiger partial charge is 0.354 e. The minimum absolute atomic E-state index is 0.0958. The Bertz CT molecular complexity index is 1110. The molecule has 0 radical (unpaired) electrons. The summed E-state index contributed by atoms with van der Waals surface area (Å²) in [6.07, 6.45) is 2.53. The molecule has 0 aromatic heterocycles. The maximum absolute atomic E-state index is 13.8. The molecule has 3 aromatic carbocycles. The van der Waals surface area contributed by atoms with Crippen LogP contribution < -0.4 is 5.32 Å². The summed E-state index contributed by atoms with van der Waals surface area (Å²) in [6, 6.07) is 22.9. The summed E-state index contributed by atoms with van der Waals surface area (Å²) in [5.41, 5.74) is 5.00. The molecule has 0 spiro atoms. The summed E-state index contributed by atoms with van der Waals surface area (Å²) in [7, 11) is 0. The van der Waals surface area contributed by atoms with Gasteiger partial charge < -0.3 is 10.2 Å². The van der Waals surface area contributed by atoms with Gasteiger partial charge in [-0.1, -0.05) is 103 Å². The second kappa shape index (κ2) is 13.1. The maximum atomic E-state index is 13.8. The van der Waals surface area contributed by atoms with Gasteiger partial charge in [-0.25, -0.2) is 0 Å². The molecule has 0 aliphatic heterocycles. The third kappa shape index (κ3) is 7.97. The standard InChI is InChI=1S/C30H35ClN2O2/c1-4-5-15-32-30(35)28(19-24-11-7-6-8-12-24)33(21-26-13-9-10-14-27(26)31)29(34)20-25-17-22(2)16-23(3)18-25/h6-14,16-18,28H,4-5,15,19-21H2,1-3H3,(H,32,35)/t28-/m1/s1. The minimum Gasteiger partial charge on any atom is -0.354 e. The van der Waals surface area contributed by atoms with Crippen LogP contribution in [0.2, 0.25) is 5.02 Å². The molecule has 0 aliphatic carbocycles. The van der Waals surface area contributed by atoms with Gasteiger partial charge in [-0.2, -0.15) is 0 Å². The summed E-state index contributed by atoms with van der Waals surface area (Å²) >= 11 is 6.48. The van der Waals surface area contributed by atoms with E-state index in [0.717, 1.165) is 40.7 Å². The topological polar surface area (TPSA) is 49.4 Å². The molecule has 0 saturated carbocycles. The monoisotopic (exact) mass is 490 g/mol. The van der Waals surface area contributed by atoms with Crippen LogP contribution in [0.15, 0.2) is 72.8 Å². The normalized spacial score (nSPS) is 11.7. The highest BCUT2D eigenvalue weighted by atomic mass is 35.5. The van der Waals surface area contributed by atoms with E-state index in [-0.39, 0.29) is 24.8 Å². The Morgan fingerprint density at radius 3 is 2.23 bits per heavy atom. The molecule has 0 heterocycles. The Morgan fingerprint density at radius 2 is 1.57 bits per heavy atom. The van der Waals surface area contributed by atoms with Crippen molar-refractivity contribution in [3.8, 4) is 0 Å². The molecule has 4 nitrogen and oxygen atoms in total. The fraction of sp³-hybridized carbons (Fsp3) is 0.333. The van der Waals surface area contributed by atoms with Crippen molar-refractivity contribution in [2.45, 2.75) is 59.0 Å². The fourth-order valence-electron chi connectivity index (χ4n) is 4.32. The van der Waals surface area contributed by atoms with E-state index >= 15 is 0 Å². The van der Waals surface area contributed by atoms with E-state index in [1.165, 1.54) is 0 Å². The first-order valence-corrected chi connectivity index (χ1v) is 12.7. The SMILES string of the molecule is CCCCNC(=O)[C@@H](Cc1ccccc1)N(Cc1ccccc1Cl)C(=O)Cc1cc(C)cc(C)c1. The number of rotatable bonds is 11. The lowest BCUT2D eigenvalue weighted by Gasteiger charge is -2.32. The lowest BCUT2D eigenvalue weighted by molar-refractivity contribution is -0.140. The number of unbranched alkanes of at least 4 members (excludes halogenated alkanes) is 1. The quantitative estimate of drug-likeness (QED) is 0.332. The minimum atomic E-state index is -0.649. The van der Waals surface area contributed by atoms with E-state index in [4.69, 9.17) is 11.6 Å². The lowest BCUT2D eigenvalue weighted by Crippen LogP contribution is -2.51. The highest BCUT2D eigenvalue weighted by Crippen LogP contribution is 2.22. The van der Waals surface area contributed by atoms with E-state index in [0.29, 0.717) is 18.0 Å². The molecule has 3 aromatic rings. The van der Waals surface area contributed by atoms with Crippen molar-refractivity contribution in [1.82, 2.24) is 10.2 Å². The molecule has 3 rings (SSSR count).